The van der Waals surface area contributed by atoms with Crippen LogP contribution in [0.2, 0.25) is 0 Å². The lowest BCUT2D eigenvalue weighted by molar-refractivity contribution is -0.0691. The summed E-state index contributed by atoms with van der Waals surface area (Å²) in [6.45, 7) is 7.05. The highest BCUT2D eigenvalue weighted by molar-refractivity contribution is 4.99. The smallest absolute Gasteiger partial charge is 0.0593 e. The molecule has 0 aliphatic carbocycles. The summed E-state index contributed by atoms with van der Waals surface area (Å²) in [7, 11) is 1.80. The predicted molar refractivity (Wildman–Crippen MR) is 77.2 cm³/mol. The first-order valence-electron chi connectivity index (χ1n) is 7.79. The van der Waals surface area contributed by atoms with Gasteiger partial charge in [0.1, 0.15) is 0 Å². The topological polar surface area (TPSA) is 47.7 Å². The van der Waals surface area contributed by atoms with Gasteiger partial charge in [0.25, 0.3) is 0 Å². The summed E-state index contributed by atoms with van der Waals surface area (Å²) in [6.07, 6.45) is 6.20. The number of nitrogens with two attached hydrogens (primary N) is 1. The Morgan fingerprint density at radius 3 is 3.00 bits per heavy atom. The first-order valence-corrected chi connectivity index (χ1v) is 7.79. The van der Waals surface area contributed by atoms with Crippen molar-refractivity contribution in [3.05, 3.63) is 0 Å². The van der Waals surface area contributed by atoms with Crippen LogP contribution in [0.25, 0.3) is 0 Å². The van der Waals surface area contributed by atoms with Gasteiger partial charge in [-0.05, 0) is 38.1 Å². The summed E-state index contributed by atoms with van der Waals surface area (Å²) in [6, 6.07) is 0. The lowest BCUT2D eigenvalue weighted by Gasteiger charge is -2.46. The second kappa shape index (κ2) is 7.02. The lowest BCUT2D eigenvalue weighted by atomic mass is 9.83. The molecule has 0 bridgehead atoms. The van der Waals surface area contributed by atoms with Crippen molar-refractivity contribution in [2.45, 2.75) is 50.7 Å². The Labute approximate surface area is 117 Å². The van der Waals surface area contributed by atoms with E-state index in [1.807, 2.05) is 0 Å². The van der Waals surface area contributed by atoms with Gasteiger partial charge < -0.3 is 15.2 Å². The average Bonchev–Trinajstić information content (AvgIpc) is 2.89. The molecule has 19 heavy (non-hydrogen) atoms. The van der Waals surface area contributed by atoms with Crippen molar-refractivity contribution in [1.82, 2.24) is 4.90 Å². The van der Waals surface area contributed by atoms with Crippen LogP contribution in [0, 0.1) is 5.92 Å². The highest BCUT2D eigenvalue weighted by atomic mass is 16.5. The van der Waals surface area contributed by atoms with E-state index in [0.29, 0.717) is 12.0 Å². The highest BCUT2D eigenvalue weighted by Crippen LogP contribution is 2.35. The van der Waals surface area contributed by atoms with Gasteiger partial charge in [-0.2, -0.15) is 0 Å². The summed E-state index contributed by atoms with van der Waals surface area (Å²) in [5.41, 5.74) is 6.35. The summed E-state index contributed by atoms with van der Waals surface area (Å²) in [5, 5.41) is 0. The second-order valence-electron chi connectivity index (χ2n) is 6.22. The first kappa shape index (κ1) is 15.2. The minimum absolute atomic E-state index is 0.181. The molecule has 0 spiro atoms. The number of rotatable bonds is 6. The Hall–Kier alpha value is -0.160. The number of hydrogen-bond acceptors (Lipinski definition) is 4. The van der Waals surface area contributed by atoms with Gasteiger partial charge in [-0.15, -0.1) is 0 Å². The molecule has 2 heterocycles. The number of hydrogen-bond donors (Lipinski definition) is 1. The fraction of sp³-hybridized carbons (Fsp3) is 1.00. The normalized spacial score (nSPS) is 36.8. The Balaban J connectivity index is 1.97. The van der Waals surface area contributed by atoms with Gasteiger partial charge in [0.15, 0.2) is 0 Å². The van der Waals surface area contributed by atoms with Crippen LogP contribution >= 0.6 is 0 Å². The van der Waals surface area contributed by atoms with Gasteiger partial charge in [-0.3, -0.25) is 4.90 Å². The van der Waals surface area contributed by atoms with Gasteiger partial charge >= 0.3 is 0 Å². The summed E-state index contributed by atoms with van der Waals surface area (Å²) in [4.78, 5) is 2.63. The number of likely N-dealkylation sites (tertiary alicyclic amines) is 1. The molecule has 0 radical (unpaired) electrons. The first-order chi connectivity index (χ1) is 9.24. The van der Waals surface area contributed by atoms with E-state index in [-0.39, 0.29) is 5.54 Å². The van der Waals surface area contributed by atoms with Crippen LogP contribution in [-0.2, 0) is 9.47 Å². The van der Waals surface area contributed by atoms with Crippen molar-refractivity contribution in [3.63, 3.8) is 0 Å². The van der Waals surface area contributed by atoms with Crippen molar-refractivity contribution in [3.8, 4) is 0 Å². The Morgan fingerprint density at radius 1 is 1.47 bits per heavy atom. The fourth-order valence-corrected chi connectivity index (χ4v) is 3.74. The monoisotopic (exact) mass is 270 g/mol. The third-order valence-electron chi connectivity index (χ3n) is 4.88. The zero-order chi connectivity index (χ0) is 13.7. The molecule has 2 rings (SSSR count). The van der Waals surface area contributed by atoms with Crippen molar-refractivity contribution < 1.29 is 9.47 Å². The molecule has 2 N–H and O–H groups in total. The SMILES string of the molecule is CCCC1CC(CN)(N2CCC(COC)C2)CCO1. The van der Waals surface area contributed by atoms with Gasteiger partial charge in [-0.1, -0.05) is 13.3 Å². The molecule has 3 unspecified atom stereocenters. The Bertz CT molecular complexity index is 273. The number of ether oxygens (including phenoxy) is 2. The van der Waals surface area contributed by atoms with Crippen LogP contribution in [0.15, 0.2) is 0 Å². The minimum atomic E-state index is 0.181. The van der Waals surface area contributed by atoms with Crippen LogP contribution in [0.3, 0.4) is 0 Å². The molecule has 3 atom stereocenters. The van der Waals surface area contributed by atoms with Gasteiger partial charge in [0, 0.05) is 32.3 Å². The standard InChI is InChI=1S/C15H30N2O2/c1-3-4-14-9-15(12-16,6-8-19-14)17-7-5-13(10-17)11-18-2/h13-14H,3-12,16H2,1-2H3. The van der Waals surface area contributed by atoms with E-state index in [9.17, 15) is 0 Å². The van der Waals surface area contributed by atoms with E-state index in [4.69, 9.17) is 15.2 Å². The van der Waals surface area contributed by atoms with Crippen LogP contribution in [0.5, 0.6) is 0 Å². The molecular weight excluding hydrogens is 240 g/mol. The van der Waals surface area contributed by atoms with Gasteiger partial charge in [0.2, 0.25) is 0 Å². The van der Waals surface area contributed by atoms with Gasteiger partial charge in [0.05, 0.1) is 12.7 Å². The molecule has 2 aliphatic heterocycles. The number of methoxy groups -OCH3 is 1. The van der Waals surface area contributed by atoms with Crippen LogP contribution < -0.4 is 5.73 Å². The molecule has 2 fully saturated rings. The third kappa shape index (κ3) is 3.48. The maximum Gasteiger partial charge on any atom is 0.0593 e. The Kier molecular flexibility index (Phi) is 5.63. The molecule has 0 amide bonds. The maximum absolute atomic E-state index is 6.17. The zero-order valence-corrected chi connectivity index (χ0v) is 12.6. The lowest BCUT2D eigenvalue weighted by Crippen LogP contribution is -2.57. The third-order valence-corrected chi connectivity index (χ3v) is 4.88. The molecule has 4 nitrogen and oxygen atoms in total. The molecule has 0 aromatic rings. The van der Waals surface area contributed by atoms with E-state index in [1.54, 1.807) is 7.11 Å². The van der Waals surface area contributed by atoms with Crippen LogP contribution in [0.4, 0.5) is 0 Å². The number of nitrogens with zero attached hydrogens (tertiary/aromatic N) is 1. The molecule has 4 heteroatoms. The molecule has 0 aromatic carbocycles. The summed E-state index contributed by atoms with van der Waals surface area (Å²) >= 11 is 0. The quantitative estimate of drug-likeness (QED) is 0.797. The van der Waals surface area contributed by atoms with Crippen molar-refractivity contribution >= 4 is 0 Å². The molecule has 0 aromatic heterocycles. The molecule has 2 saturated heterocycles. The van der Waals surface area contributed by atoms with E-state index >= 15 is 0 Å². The van der Waals surface area contributed by atoms with E-state index in [2.05, 4.69) is 11.8 Å². The maximum atomic E-state index is 6.17. The minimum Gasteiger partial charge on any atom is -0.384 e. The zero-order valence-electron chi connectivity index (χ0n) is 12.6. The largest absolute Gasteiger partial charge is 0.384 e. The fourth-order valence-electron chi connectivity index (χ4n) is 3.74. The highest BCUT2D eigenvalue weighted by Gasteiger charge is 2.43. The van der Waals surface area contributed by atoms with Crippen molar-refractivity contribution in [2.24, 2.45) is 11.7 Å². The molecular formula is C15H30N2O2. The Morgan fingerprint density at radius 2 is 2.32 bits per heavy atom. The molecule has 0 saturated carbocycles. The van der Waals surface area contributed by atoms with E-state index in [1.165, 1.54) is 19.4 Å². The predicted octanol–water partition coefficient (Wildman–Crippen LogP) is 1.63. The summed E-state index contributed by atoms with van der Waals surface area (Å²) < 4.78 is 11.2. The van der Waals surface area contributed by atoms with Crippen molar-refractivity contribution in [1.29, 1.82) is 0 Å². The van der Waals surface area contributed by atoms with E-state index < -0.39 is 0 Å². The van der Waals surface area contributed by atoms with Crippen LogP contribution in [-0.4, -0.2) is 56.5 Å². The molecule has 112 valence electrons. The van der Waals surface area contributed by atoms with Crippen molar-refractivity contribution in [2.75, 3.05) is 40.0 Å². The van der Waals surface area contributed by atoms with Gasteiger partial charge in [-0.25, -0.2) is 0 Å². The van der Waals surface area contributed by atoms with E-state index in [0.717, 1.165) is 45.6 Å². The summed E-state index contributed by atoms with van der Waals surface area (Å²) in [5.74, 6) is 0.681. The molecule has 2 aliphatic rings. The average molecular weight is 270 g/mol. The second-order valence-corrected chi connectivity index (χ2v) is 6.22. The van der Waals surface area contributed by atoms with Crippen LogP contribution in [0.1, 0.15) is 39.0 Å².